The van der Waals surface area contributed by atoms with E-state index in [1.54, 1.807) is 0 Å². The normalized spacial score (nSPS) is 21.5. The summed E-state index contributed by atoms with van der Waals surface area (Å²) < 4.78 is 11.8. The van der Waals surface area contributed by atoms with E-state index in [4.69, 9.17) is 14.9 Å². The fraction of sp³-hybridized carbons (Fsp3) is 0.900. The van der Waals surface area contributed by atoms with Crippen LogP contribution < -0.4 is 5.73 Å². The molecular weight excluding hydrogens is 374 g/mol. The molecule has 2 rings (SSSR count). The van der Waals surface area contributed by atoms with E-state index in [2.05, 4.69) is 38.8 Å². The molecule has 0 bridgehead atoms. The van der Waals surface area contributed by atoms with Crippen LogP contribution in [0.15, 0.2) is 0 Å². The molecule has 162 valence electrons. The van der Waals surface area contributed by atoms with Gasteiger partial charge in [0.15, 0.2) is 8.32 Å². The van der Waals surface area contributed by atoms with Crippen molar-refractivity contribution in [2.24, 2.45) is 5.73 Å². The molecule has 1 atom stereocenters. The van der Waals surface area contributed by atoms with Gasteiger partial charge in [-0.15, -0.1) is 0 Å². The molecule has 0 aromatic carbocycles. The van der Waals surface area contributed by atoms with Gasteiger partial charge in [0.25, 0.3) is 0 Å². The second kappa shape index (κ2) is 7.61. The van der Waals surface area contributed by atoms with Gasteiger partial charge in [0.1, 0.15) is 11.6 Å². The number of carbonyl (C=O) groups excluding carboxylic acids is 2. The van der Waals surface area contributed by atoms with Gasteiger partial charge in [0.05, 0.1) is 12.1 Å². The molecule has 0 aromatic rings. The number of nitrogens with zero attached hydrogens (tertiary/aromatic N) is 2. The van der Waals surface area contributed by atoms with Crippen molar-refractivity contribution in [3.63, 3.8) is 0 Å². The largest absolute Gasteiger partial charge is 0.444 e. The molecule has 2 heterocycles. The molecule has 7 nitrogen and oxygen atoms in total. The summed E-state index contributed by atoms with van der Waals surface area (Å²) in [4.78, 5) is 28.6. The van der Waals surface area contributed by atoms with Crippen LogP contribution >= 0.6 is 0 Å². The number of amides is 2. The third-order valence-electron chi connectivity index (χ3n) is 6.38. The number of primary amides is 1. The minimum Gasteiger partial charge on any atom is -0.444 e. The van der Waals surface area contributed by atoms with E-state index in [0.717, 1.165) is 12.8 Å². The Kier molecular flexibility index (Phi) is 6.29. The summed E-state index contributed by atoms with van der Waals surface area (Å²) in [6.07, 6.45) is 1.62. The van der Waals surface area contributed by atoms with Gasteiger partial charge in [-0.25, -0.2) is 4.79 Å². The molecule has 8 heteroatoms. The lowest BCUT2D eigenvalue weighted by Gasteiger charge is -2.54. The highest BCUT2D eigenvalue weighted by atomic mass is 28.4. The maximum Gasteiger partial charge on any atom is 0.410 e. The summed E-state index contributed by atoms with van der Waals surface area (Å²) in [5, 5.41) is 0.0737. The molecule has 2 aliphatic heterocycles. The molecule has 28 heavy (non-hydrogen) atoms. The van der Waals surface area contributed by atoms with Crippen LogP contribution in [0.3, 0.4) is 0 Å². The van der Waals surface area contributed by atoms with E-state index < -0.39 is 20.0 Å². The van der Waals surface area contributed by atoms with Gasteiger partial charge in [-0.05, 0) is 51.7 Å². The predicted molar refractivity (Wildman–Crippen MR) is 113 cm³/mol. The van der Waals surface area contributed by atoms with Crippen molar-refractivity contribution >= 4 is 20.3 Å². The lowest BCUT2D eigenvalue weighted by atomic mass is 9.85. The fourth-order valence-corrected chi connectivity index (χ4v) is 4.68. The second-order valence-electron chi connectivity index (χ2n) is 10.9. The number of likely N-dealkylation sites (tertiary alicyclic amines) is 2. The van der Waals surface area contributed by atoms with Crippen LogP contribution in [-0.2, 0) is 14.0 Å². The molecule has 2 aliphatic rings. The Bertz CT molecular complexity index is 604. The Hall–Kier alpha value is -1.12. The molecule has 0 radical (unpaired) electrons. The zero-order valence-electron chi connectivity index (χ0n) is 18.9. The quantitative estimate of drug-likeness (QED) is 0.701. The van der Waals surface area contributed by atoms with Crippen LogP contribution in [0.1, 0.15) is 54.4 Å². The Morgan fingerprint density at radius 3 is 2.18 bits per heavy atom. The Morgan fingerprint density at radius 1 is 1.14 bits per heavy atom. The van der Waals surface area contributed by atoms with Crippen LogP contribution in [0.5, 0.6) is 0 Å². The Morgan fingerprint density at radius 2 is 1.71 bits per heavy atom. The molecule has 2 saturated heterocycles. The van der Waals surface area contributed by atoms with Crippen molar-refractivity contribution in [3.05, 3.63) is 0 Å². The molecule has 2 fully saturated rings. The number of hydrogen-bond acceptors (Lipinski definition) is 5. The third kappa shape index (κ3) is 4.89. The zero-order chi connectivity index (χ0) is 21.5. The van der Waals surface area contributed by atoms with Crippen molar-refractivity contribution < 1.29 is 18.8 Å². The van der Waals surface area contributed by atoms with Gasteiger partial charge in [-0.3, -0.25) is 14.6 Å². The topological polar surface area (TPSA) is 85.1 Å². The molecular formula is C20H39N3O4Si. The lowest BCUT2D eigenvalue weighted by molar-refractivity contribution is -0.131. The first-order valence-corrected chi connectivity index (χ1v) is 13.2. The molecule has 0 aliphatic carbocycles. The molecule has 2 N–H and O–H groups in total. The van der Waals surface area contributed by atoms with Crippen molar-refractivity contribution in [1.82, 2.24) is 9.80 Å². The second-order valence-corrected chi connectivity index (χ2v) is 15.7. The van der Waals surface area contributed by atoms with Crippen LogP contribution in [0, 0.1) is 0 Å². The molecule has 0 saturated carbocycles. The third-order valence-corrected chi connectivity index (χ3v) is 10.9. The van der Waals surface area contributed by atoms with E-state index in [-0.39, 0.29) is 22.6 Å². The van der Waals surface area contributed by atoms with E-state index in [1.165, 1.54) is 0 Å². The minimum atomic E-state index is -1.97. The Labute approximate surface area is 171 Å². The maximum absolute atomic E-state index is 12.6. The first-order valence-electron chi connectivity index (χ1n) is 10.3. The van der Waals surface area contributed by atoms with Gasteiger partial charge in [0, 0.05) is 19.6 Å². The summed E-state index contributed by atoms with van der Waals surface area (Å²) >= 11 is 0. The van der Waals surface area contributed by atoms with Crippen LogP contribution in [0.25, 0.3) is 0 Å². The van der Waals surface area contributed by atoms with Crippen LogP contribution in [-0.4, -0.2) is 73.5 Å². The highest BCUT2D eigenvalue weighted by Gasteiger charge is 2.55. The van der Waals surface area contributed by atoms with E-state index in [0.29, 0.717) is 26.2 Å². The highest BCUT2D eigenvalue weighted by molar-refractivity contribution is 6.74. The van der Waals surface area contributed by atoms with Crippen molar-refractivity contribution in [2.45, 2.75) is 89.7 Å². The van der Waals surface area contributed by atoms with Gasteiger partial charge in [0.2, 0.25) is 5.91 Å². The first kappa shape index (κ1) is 23.2. The molecule has 1 spiro atoms. The molecule has 0 unspecified atom stereocenters. The predicted octanol–water partition coefficient (Wildman–Crippen LogP) is 2.95. The number of hydrogen-bond donors (Lipinski definition) is 1. The number of nitrogens with two attached hydrogens (primary N) is 1. The summed E-state index contributed by atoms with van der Waals surface area (Å²) in [5.74, 6) is -0.365. The Balaban J connectivity index is 2.01. The van der Waals surface area contributed by atoms with Gasteiger partial charge in [-0.1, -0.05) is 20.8 Å². The summed E-state index contributed by atoms with van der Waals surface area (Å²) in [7, 11) is -1.97. The van der Waals surface area contributed by atoms with Crippen molar-refractivity contribution in [3.8, 4) is 0 Å². The molecule has 0 aromatic heterocycles. The number of carbonyl (C=O) groups is 2. The average molecular weight is 414 g/mol. The number of ether oxygens (including phenoxy) is 1. The van der Waals surface area contributed by atoms with E-state index in [9.17, 15) is 9.59 Å². The first-order chi connectivity index (χ1) is 12.6. The monoisotopic (exact) mass is 413 g/mol. The van der Waals surface area contributed by atoms with E-state index >= 15 is 0 Å². The van der Waals surface area contributed by atoms with Crippen molar-refractivity contribution in [2.75, 3.05) is 26.2 Å². The fourth-order valence-electron chi connectivity index (χ4n) is 3.67. The SMILES string of the molecule is CC(C)(C)OC(=O)N1CCCC12CN([C@@H](CO[Si](C)(C)C(C)(C)C)C(N)=O)C2. The average Bonchev–Trinajstić information content (AvgIpc) is 2.88. The summed E-state index contributed by atoms with van der Waals surface area (Å²) in [6, 6.07) is -0.458. The van der Waals surface area contributed by atoms with E-state index in [1.807, 2.05) is 25.7 Å². The van der Waals surface area contributed by atoms with Crippen LogP contribution in [0.2, 0.25) is 18.1 Å². The van der Waals surface area contributed by atoms with Gasteiger partial charge >= 0.3 is 6.09 Å². The lowest BCUT2D eigenvalue weighted by Crippen LogP contribution is -2.73. The van der Waals surface area contributed by atoms with Gasteiger partial charge in [-0.2, -0.15) is 0 Å². The smallest absolute Gasteiger partial charge is 0.410 e. The van der Waals surface area contributed by atoms with Crippen molar-refractivity contribution in [1.29, 1.82) is 0 Å². The maximum atomic E-state index is 12.6. The zero-order valence-corrected chi connectivity index (χ0v) is 19.9. The minimum absolute atomic E-state index is 0.0737. The summed E-state index contributed by atoms with van der Waals surface area (Å²) in [6.45, 7) is 18.8. The standard InChI is InChI=1S/C20H39N3O4Si/c1-18(2,3)27-17(25)23-11-9-10-20(23)13-22(14-20)15(16(21)24)12-26-28(7,8)19(4,5)6/h15H,9-14H2,1-8H3,(H2,21,24)/t15-/m0/s1. The highest BCUT2D eigenvalue weighted by Crippen LogP contribution is 2.40. The summed E-state index contributed by atoms with van der Waals surface area (Å²) in [5.41, 5.74) is 4.94. The van der Waals surface area contributed by atoms with Crippen LogP contribution in [0.4, 0.5) is 4.79 Å². The number of rotatable bonds is 5. The van der Waals surface area contributed by atoms with Gasteiger partial charge < -0.3 is 14.9 Å². The molecule has 2 amide bonds.